The number of halogens is 1. The summed E-state index contributed by atoms with van der Waals surface area (Å²) in [6.45, 7) is 1.34. The fourth-order valence-corrected chi connectivity index (χ4v) is 3.58. The summed E-state index contributed by atoms with van der Waals surface area (Å²) in [6, 6.07) is 9.05. The minimum absolute atomic E-state index is 0.0415. The second-order valence-corrected chi connectivity index (χ2v) is 7.99. The van der Waals surface area contributed by atoms with E-state index in [1.165, 1.54) is 44.4 Å². The first-order valence-corrected chi connectivity index (χ1v) is 9.89. The molecule has 150 valence electrons. The standard InChI is InChI=1S/C18H20FN3O5S/c1-18(22-28(3,25)26,11-4-6-12(19)7-5-11)17(24)21-13-8-9-15(27-2)14(10-13)16(20)23/h4-10,22H,1-3H3,(H2,20,23)(H,21,24)/t18-/m0/s1. The number of nitrogens with one attached hydrogen (secondary N) is 2. The minimum Gasteiger partial charge on any atom is -0.496 e. The average Bonchev–Trinajstić information content (AvgIpc) is 2.60. The Morgan fingerprint density at radius 1 is 1.14 bits per heavy atom. The molecule has 2 aromatic rings. The summed E-state index contributed by atoms with van der Waals surface area (Å²) in [6.07, 6.45) is 0.903. The fourth-order valence-electron chi connectivity index (χ4n) is 2.62. The van der Waals surface area contributed by atoms with Gasteiger partial charge in [0, 0.05) is 5.69 Å². The molecule has 28 heavy (non-hydrogen) atoms. The van der Waals surface area contributed by atoms with Gasteiger partial charge in [0.2, 0.25) is 15.9 Å². The molecule has 0 radical (unpaired) electrons. The number of sulfonamides is 1. The molecular weight excluding hydrogens is 389 g/mol. The lowest BCUT2D eigenvalue weighted by atomic mass is 9.92. The van der Waals surface area contributed by atoms with Crippen LogP contribution in [-0.4, -0.2) is 33.6 Å². The molecule has 2 rings (SSSR count). The van der Waals surface area contributed by atoms with Gasteiger partial charge < -0.3 is 15.8 Å². The van der Waals surface area contributed by atoms with Crippen molar-refractivity contribution in [3.8, 4) is 5.75 Å². The Balaban J connectivity index is 2.45. The summed E-state index contributed by atoms with van der Waals surface area (Å²) >= 11 is 0. The first-order valence-electron chi connectivity index (χ1n) is 8.00. The minimum atomic E-state index is -3.81. The van der Waals surface area contributed by atoms with E-state index in [1.807, 2.05) is 0 Å². The number of amides is 2. The molecular formula is C18H20FN3O5S. The fraction of sp³-hybridized carbons (Fsp3) is 0.222. The third-order valence-electron chi connectivity index (χ3n) is 3.99. The van der Waals surface area contributed by atoms with Gasteiger partial charge in [-0.15, -0.1) is 0 Å². The Morgan fingerprint density at radius 2 is 1.75 bits per heavy atom. The van der Waals surface area contributed by atoms with Crippen LogP contribution in [-0.2, 0) is 20.4 Å². The molecule has 8 nitrogen and oxygen atoms in total. The molecule has 0 bridgehead atoms. The van der Waals surface area contributed by atoms with E-state index >= 15 is 0 Å². The Morgan fingerprint density at radius 3 is 2.25 bits per heavy atom. The van der Waals surface area contributed by atoms with Gasteiger partial charge in [-0.1, -0.05) is 12.1 Å². The van der Waals surface area contributed by atoms with Gasteiger partial charge in [-0.05, 0) is 42.8 Å². The average molecular weight is 409 g/mol. The van der Waals surface area contributed by atoms with Gasteiger partial charge in [-0.25, -0.2) is 12.8 Å². The van der Waals surface area contributed by atoms with Crippen molar-refractivity contribution in [3.63, 3.8) is 0 Å². The van der Waals surface area contributed by atoms with Crippen molar-refractivity contribution >= 4 is 27.5 Å². The van der Waals surface area contributed by atoms with Gasteiger partial charge in [0.05, 0.1) is 18.9 Å². The molecule has 0 aromatic heterocycles. The molecule has 10 heteroatoms. The lowest BCUT2D eigenvalue weighted by Crippen LogP contribution is -2.51. The topological polar surface area (TPSA) is 128 Å². The molecule has 2 amide bonds. The quantitative estimate of drug-likeness (QED) is 0.636. The van der Waals surface area contributed by atoms with Crippen LogP contribution in [0.2, 0.25) is 0 Å². The summed E-state index contributed by atoms with van der Waals surface area (Å²) in [7, 11) is -2.45. The van der Waals surface area contributed by atoms with Crippen molar-refractivity contribution in [2.45, 2.75) is 12.5 Å². The van der Waals surface area contributed by atoms with E-state index in [1.54, 1.807) is 0 Å². The molecule has 0 aliphatic carbocycles. The van der Waals surface area contributed by atoms with Crippen molar-refractivity contribution in [1.29, 1.82) is 0 Å². The highest BCUT2D eigenvalue weighted by molar-refractivity contribution is 7.88. The van der Waals surface area contributed by atoms with Crippen molar-refractivity contribution in [2.24, 2.45) is 5.73 Å². The Labute approximate surface area is 161 Å². The van der Waals surface area contributed by atoms with Gasteiger partial charge in [-0.3, -0.25) is 9.59 Å². The smallest absolute Gasteiger partial charge is 0.252 e. The number of hydrogen-bond donors (Lipinski definition) is 3. The third kappa shape index (κ3) is 4.84. The summed E-state index contributed by atoms with van der Waals surface area (Å²) < 4.78 is 44.2. The predicted molar refractivity (Wildman–Crippen MR) is 102 cm³/mol. The highest BCUT2D eigenvalue weighted by Crippen LogP contribution is 2.27. The number of rotatable bonds is 7. The Bertz CT molecular complexity index is 1010. The predicted octanol–water partition coefficient (Wildman–Crippen LogP) is 1.34. The molecule has 0 fully saturated rings. The van der Waals surface area contributed by atoms with Crippen LogP contribution in [0.5, 0.6) is 5.75 Å². The van der Waals surface area contributed by atoms with Crippen LogP contribution >= 0.6 is 0 Å². The lowest BCUT2D eigenvalue weighted by molar-refractivity contribution is -0.121. The Hall–Kier alpha value is -2.98. The summed E-state index contributed by atoms with van der Waals surface area (Å²) in [5, 5.41) is 2.54. The number of ether oxygens (including phenoxy) is 1. The number of methoxy groups -OCH3 is 1. The first kappa shape index (κ1) is 21.3. The third-order valence-corrected chi connectivity index (χ3v) is 4.77. The van der Waals surface area contributed by atoms with E-state index in [2.05, 4.69) is 10.0 Å². The number of benzene rings is 2. The maximum absolute atomic E-state index is 13.3. The molecule has 0 spiro atoms. The highest BCUT2D eigenvalue weighted by atomic mass is 32.2. The number of primary amides is 1. The molecule has 0 saturated carbocycles. The first-order chi connectivity index (χ1) is 13.0. The normalized spacial score (nSPS) is 13.4. The zero-order valence-electron chi connectivity index (χ0n) is 15.4. The molecule has 0 heterocycles. The largest absolute Gasteiger partial charge is 0.496 e. The van der Waals surface area contributed by atoms with Gasteiger partial charge in [0.15, 0.2) is 0 Å². The summed E-state index contributed by atoms with van der Waals surface area (Å²) in [5.41, 5.74) is 4.02. The van der Waals surface area contributed by atoms with Crippen molar-refractivity contribution in [1.82, 2.24) is 4.72 Å². The molecule has 0 aliphatic heterocycles. The summed E-state index contributed by atoms with van der Waals surface area (Å²) in [5.74, 6) is -1.82. The number of carbonyl (C=O) groups excluding carboxylic acids is 2. The molecule has 0 saturated heterocycles. The van der Waals surface area contributed by atoms with Crippen LogP contribution in [0, 0.1) is 5.82 Å². The van der Waals surface area contributed by atoms with E-state index in [0.29, 0.717) is 0 Å². The van der Waals surface area contributed by atoms with Crippen LogP contribution in [0.4, 0.5) is 10.1 Å². The van der Waals surface area contributed by atoms with Crippen LogP contribution < -0.4 is 20.5 Å². The van der Waals surface area contributed by atoms with E-state index in [9.17, 15) is 22.4 Å². The van der Waals surface area contributed by atoms with Crippen LogP contribution in [0.3, 0.4) is 0 Å². The zero-order valence-corrected chi connectivity index (χ0v) is 16.3. The van der Waals surface area contributed by atoms with Gasteiger partial charge >= 0.3 is 0 Å². The van der Waals surface area contributed by atoms with E-state index < -0.39 is 33.2 Å². The molecule has 0 unspecified atom stereocenters. The van der Waals surface area contributed by atoms with E-state index in [0.717, 1.165) is 18.4 Å². The van der Waals surface area contributed by atoms with Crippen LogP contribution in [0.25, 0.3) is 0 Å². The SMILES string of the molecule is COc1ccc(NC(=O)[C@@](C)(NS(C)(=O)=O)c2ccc(F)cc2)cc1C(N)=O. The van der Waals surface area contributed by atoms with Gasteiger partial charge in [0.1, 0.15) is 17.1 Å². The number of carbonyl (C=O) groups is 2. The molecule has 4 N–H and O–H groups in total. The summed E-state index contributed by atoms with van der Waals surface area (Å²) in [4.78, 5) is 24.5. The van der Waals surface area contributed by atoms with E-state index in [4.69, 9.17) is 10.5 Å². The zero-order chi connectivity index (χ0) is 21.1. The lowest BCUT2D eigenvalue weighted by Gasteiger charge is -2.29. The molecule has 0 aliphatic rings. The second-order valence-electron chi connectivity index (χ2n) is 6.24. The van der Waals surface area contributed by atoms with Crippen molar-refractivity contribution < 1.29 is 27.1 Å². The van der Waals surface area contributed by atoms with Crippen molar-refractivity contribution in [3.05, 3.63) is 59.4 Å². The number of hydrogen-bond acceptors (Lipinski definition) is 5. The van der Waals surface area contributed by atoms with Gasteiger partial charge in [0.25, 0.3) is 5.91 Å². The second kappa shape index (κ2) is 7.95. The number of nitrogens with two attached hydrogens (primary N) is 1. The molecule has 1 atom stereocenters. The monoisotopic (exact) mass is 409 g/mol. The molecule has 2 aromatic carbocycles. The Kier molecular flexibility index (Phi) is 6.05. The maximum atomic E-state index is 13.3. The maximum Gasteiger partial charge on any atom is 0.252 e. The van der Waals surface area contributed by atoms with Crippen molar-refractivity contribution in [2.75, 3.05) is 18.7 Å². The highest BCUT2D eigenvalue weighted by Gasteiger charge is 2.38. The number of anilines is 1. The van der Waals surface area contributed by atoms with E-state index in [-0.39, 0.29) is 22.6 Å². The van der Waals surface area contributed by atoms with Crippen LogP contribution in [0.1, 0.15) is 22.8 Å². The van der Waals surface area contributed by atoms with Crippen LogP contribution in [0.15, 0.2) is 42.5 Å². The van der Waals surface area contributed by atoms with Gasteiger partial charge in [-0.2, -0.15) is 4.72 Å².